The van der Waals surface area contributed by atoms with E-state index in [1.165, 1.54) is 15.0 Å². The number of aliphatic hydroxyl groups is 1. The van der Waals surface area contributed by atoms with E-state index in [-0.39, 0.29) is 31.5 Å². The molecular formula is C39H57ClO7S. The predicted molar refractivity (Wildman–Crippen MR) is 196 cm³/mol. The van der Waals surface area contributed by atoms with Gasteiger partial charge in [-0.15, -0.1) is 11.3 Å². The SMILES string of the molecule is CCCCOC[C@H]1O[C@@H](c2cc(Cc3cc4ccccc4s3)c(Cl)cc2OCCO)[C@H](OCCCC)[C@@H](OCCCC)[C@@H]1OCCCC. The molecule has 268 valence electrons. The van der Waals surface area contributed by atoms with E-state index < -0.39 is 12.2 Å². The minimum absolute atomic E-state index is 0.119. The van der Waals surface area contributed by atoms with Gasteiger partial charge >= 0.3 is 0 Å². The highest BCUT2D eigenvalue weighted by atomic mass is 35.5. The Balaban J connectivity index is 1.78. The van der Waals surface area contributed by atoms with Gasteiger partial charge in [0.15, 0.2) is 0 Å². The fourth-order valence-electron chi connectivity index (χ4n) is 5.98. The number of rotatable bonds is 23. The largest absolute Gasteiger partial charge is 0.491 e. The van der Waals surface area contributed by atoms with Crippen molar-refractivity contribution in [2.45, 2.75) is 116 Å². The van der Waals surface area contributed by atoms with Crippen molar-refractivity contribution >= 4 is 33.0 Å². The summed E-state index contributed by atoms with van der Waals surface area (Å²) in [6.45, 7) is 11.5. The van der Waals surface area contributed by atoms with Crippen LogP contribution in [-0.4, -0.2) is 75.8 Å². The Labute approximate surface area is 297 Å². The Kier molecular flexibility index (Phi) is 17.5. The Morgan fingerprint density at radius 3 is 2.08 bits per heavy atom. The Bertz CT molecular complexity index is 1300. The van der Waals surface area contributed by atoms with E-state index in [0.29, 0.717) is 50.2 Å². The van der Waals surface area contributed by atoms with Gasteiger partial charge in [0.25, 0.3) is 0 Å². The number of aliphatic hydroxyl groups excluding tert-OH is 1. The van der Waals surface area contributed by atoms with Crippen LogP contribution in [0.3, 0.4) is 0 Å². The van der Waals surface area contributed by atoms with Crippen LogP contribution in [0, 0.1) is 0 Å². The maximum atomic E-state index is 9.73. The third kappa shape index (κ3) is 11.1. The van der Waals surface area contributed by atoms with Crippen molar-refractivity contribution in [2.75, 3.05) is 46.2 Å². The van der Waals surface area contributed by atoms with Crippen molar-refractivity contribution in [1.29, 1.82) is 0 Å². The molecule has 2 heterocycles. The van der Waals surface area contributed by atoms with Crippen molar-refractivity contribution < 1.29 is 33.5 Å². The highest BCUT2D eigenvalue weighted by Crippen LogP contribution is 2.43. The average Bonchev–Trinajstić information content (AvgIpc) is 3.51. The zero-order valence-electron chi connectivity index (χ0n) is 29.4. The molecule has 9 heteroatoms. The smallest absolute Gasteiger partial charge is 0.126 e. The number of halogens is 1. The molecule has 1 saturated heterocycles. The molecule has 0 unspecified atom stereocenters. The van der Waals surface area contributed by atoms with Gasteiger partial charge < -0.3 is 33.5 Å². The summed E-state index contributed by atoms with van der Waals surface area (Å²) in [6.07, 6.45) is 6.47. The van der Waals surface area contributed by atoms with Crippen molar-refractivity contribution in [2.24, 2.45) is 0 Å². The van der Waals surface area contributed by atoms with Crippen LogP contribution in [0.4, 0.5) is 0 Å². The molecule has 1 fully saturated rings. The molecule has 2 aromatic carbocycles. The van der Waals surface area contributed by atoms with E-state index in [9.17, 15) is 5.11 Å². The van der Waals surface area contributed by atoms with Crippen LogP contribution in [0.15, 0.2) is 42.5 Å². The van der Waals surface area contributed by atoms with E-state index in [2.05, 4.69) is 64.1 Å². The highest BCUT2D eigenvalue weighted by molar-refractivity contribution is 7.19. The Morgan fingerprint density at radius 2 is 1.42 bits per heavy atom. The molecule has 0 saturated carbocycles. The zero-order valence-corrected chi connectivity index (χ0v) is 31.0. The lowest BCUT2D eigenvalue weighted by molar-refractivity contribution is -0.268. The third-order valence-corrected chi connectivity index (χ3v) is 10.1. The first-order valence-corrected chi connectivity index (χ1v) is 19.3. The predicted octanol–water partition coefficient (Wildman–Crippen LogP) is 9.33. The summed E-state index contributed by atoms with van der Waals surface area (Å²) in [5.74, 6) is 0.576. The molecule has 1 N–H and O–H groups in total. The van der Waals surface area contributed by atoms with Crippen LogP contribution in [0.25, 0.3) is 10.1 Å². The molecule has 5 atom stereocenters. The first-order chi connectivity index (χ1) is 23.5. The molecule has 0 radical (unpaired) electrons. The summed E-state index contributed by atoms with van der Waals surface area (Å²) in [6, 6.07) is 14.6. The van der Waals surface area contributed by atoms with Crippen molar-refractivity contribution in [1.82, 2.24) is 0 Å². The molecule has 0 bridgehead atoms. The Morgan fingerprint density at radius 1 is 0.771 bits per heavy atom. The fraction of sp³-hybridized carbons (Fsp3) is 0.641. The zero-order chi connectivity index (χ0) is 34.1. The van der Waals surface area contributed by atoms with Crippen molar-refractivity contribution in [3.8, 4) is 5.75 Å². The summed E-state index contributed by atoms with van der Waals surface area (Å²) >= 11 is 8.74. The molecule has 1 aromatic heterocycles. The molecule has 3 aromatic rings. The van der Waals surface area contributed by atoms with Gasteiger partial charge in [0.2, 0.25) is 0 Å². The number of fused-ring (bicyclic) bond motifs is 1. The van der Waals surface area contributed by atoms with Gasteiger partial charge in [-0.2, -0.15) is 0 Å². The number of thiophene rings is 1. The standard InChI is InChI=1S/C39H57ClO7S/c1-5-9-18-42-27-34-37(44-19-10-6-2)39(46-21-12-8-4)38(45-20-11-7-3)36(47-34)31-25-29(32(40)26-33(31)43-22-17-41)24-30-23-28-15-13-14-16-35(28)48-30/h13-16,23,25-26,34,36-39,41H,5-12,17-22,24,27H2,1-4H3/t34-,36+,37-,38+,39+/m1/s1. The normalized spacial score (nSPS) is 21.2. The molecular weight excluding hydrogens is 648 g/mol. The molecule has 1 aliphatic heterocycles. The van der Waals surface area contributed by atoms with E-state index in [4.69, 9.17) is 40.0 Å². The third-order valence-electron chi connectivity index (χ3n) is 8.66. The van der Waals surface area contributed by atoms with Crippen LogP contribution >= 0.6 is 22.9 Å². The van der Waals surface area contributed by atoms with E-state index >= 15 is 0 Å². The van der Waals surface area contributed by atoms with Gasteiger partial charge in [-0.1, -0.05) is 83.2 Å². The van der Waals surface area contributed by atoms with Crippen LogP contribution < -0.4 is 4.74 Å². The summed E-state index contributed by atoms with van der Waals surface area (Å²) in [5.41, 5.74) is 1.81. The van der Waals surface area contributed by atoms with Gasteiger partial charge in [0, 0.05) is 53.0 Å². The molecule has 48 heavy (non-hydrogen) atoms. The molecule has 4 rings (SSSR count). The van der Waals surface area contributed by atoms with Gasteiger partial charge in [-0.3, -0.25) is 0 Å². The van der Waals surface area contributed by atoms with E-state index in [1.807, 2.05) is 6.07 Å². The van der Waals surface area contributed by atoms with Crippen LogP contribution in [0.2, 0.25) is 5.02 Å². The van der Waals surface area contributed by atoms with E-state index in [0.717, 1.165) is 62.5 Å². The maximum absolute atomic E-state index is 9.73. The molecule has 0 amide bonds. The molecule has 0 spiro atoms. The van der Waals surface area contributed by atoms with Crippen LogP contribution in [-0.2, 0) is 30.1 Å². The summed E-state index contributed by atoms with van der Waals surface area (Å²) in [4.78, 5) is 1.22. The second-order valence-corrected chi connectivity index (χ2v) is 14.1. The second kappa shape index (κ2) is 21.5. The van der Waals surface area contributed by atoms with Crippen LogP contribution in [0.1, 0.15) is 101 Å². The monoisotopic (exact) mass is 704 g/mol. The average molecular weight is 705 g/mol. The maximum Gasteiger partial charge on any atom is 0.126 e. The molecule has 0 aliphatic carbocycles. The quantitative estimate of drug-likeness (QED) is 0.0986. The first kappa shape index (κ1) is 39.0. The lowest BCUT2D eigenvalue weighted by Crippen LogP contribution is -2.58. The number of unbranched alkanes of at least 4 members (excludes halogenated alkanes) is 4. The summed E-state index contributed by atoms with van der Waals surface area (Å²) < 4.78 is 40.8. The molecule has 1 aliphatic rings. The lowest BCUT2D eigenvalue weighted by Gasteiger charge is -2.46. The minimum atomic E-state index is -0.536. The fourth-order valence-corrected chi connectivity index (χ4v) is 7.29. The first-order valence-electron chi connectivity index (χ1n) is 18.2. The summed E-state index contributed by atoms with van der Waals surface area (Å²) in [7, 11) is 0. The van der Waals surface area contributed by atoms with Crippen LogP contribution in [0.5, 0.6) is 5.75 Å². The van der Waals surface area contributed by atoms with Crippen molar-refractivity contribution in [3.05, 3.63) is 63.5 Å². The van der Waals surface area contributed by atoms with Gasteiger partial charge in [0.1, 0.15) is 42.9 Å². The Hall–Kier alpha value is -1.75. The highest BCUT2D eigenvalue weighted by Gasteiger charge is 2.49. The van der Waals surface area contributed by atoms with Gasteiger partial charge in [-0.25, -0.2) is 0 Å². The summed E-state index contributed by atoms with van der Waals surface area (Å²) in [5, 5.41) is 11.6. The number of ether oxygens (including phenoxy) is 6. The number of hydrogen-bond acceptors (Lipinski definition) is 8. The van der Waals surface area contributed by atoms with Gasteiger partial charge in [0.05, 0.1) is 13.2 Å². The second-order valence-electron chi connectivity index (χ2n) is 12.6. The number of benzene rings is 2. The topological polar surface area (TPSA) is 75.6 Å². The van der Waals surface area contributed by atoms with Crippen molar-refractivity contribution in [3.63, 3.8) is 0 Å². The number of hydrogen-bond donors (Lipinski definition) is 1. The van der Waals surface area contributed by atoms with Gasteiger partial charge in [-0.05, 0) is 60.9 Å². The van der Waals surface area contributed by atoms with E-state index in [1.54, 1.807) is 11.3 Å². The lowest BCUT2D eigenvalue weighted by atomic mass is 9.89. The minimum Gasteiger partial charge on any atom is -0.491 e. The molecule has 7 nitrogen and oxygen atoms in total.